The van der Waals surface area contributed by atoms with Crippen LogP contribution in [0.1, 0.15) is 5.56 Å². The van der Waals surface area contributed by atoms with E-state index < -0.39 is 6.09 Å². The van der Waals surface area contributed by atoms with Crippen LogP contribution in [0.4, 0.5) is 10.5 Å². The van der Waals surface area contributed by atoms with Crippen LogP contribution in [0, 0.1) is 0 Å². The lowest BCUT2D eigenvalue weighted by Gasteiger charge is -2.09. The molecule has 0 spiro atoms. The highest BCUT2D eigenvalue weighted by atomic mass is 16.6. The second kappa shape index (κ2) is 9.53. The van der Waals surface area contributed by atoms with Crippen LogP contribution >= 0.6 is 0 Å². The fourth-order valence-corrected chi connectivity index (χ4v) is 2.20. The number of amides is 1. The van der Waals surface area contributed by atoms with E-state index in [1.165, 1.54) is 0 Å². The number of anilines is 1. The molecule has 0 bridgehead atoms. The number of rotatable bonds is 9. The molecule has 2 aromatic rings. The molecule has 0 aliphatic heterocycles. The summed E-state index contributed by atoms with van der Waals surface area (Å²) in [6.07, 6.45) is 3.56. The number of aryl methyl sites for hydroxylation is 2. The maximum atomic E-state index is 11.6. The first-order chi connectivity index (χ1) is 12.2. The van der Waals surface area contributed by atoms with Crippen LogP contribution in [0.25, 0.3) is 0 Å². The fraction of sp³-hybridized carbons (Fsp3) is 0.412. The predicted octanol–water partition coefficient (Wildman–Crippen LogP) is 2.34. The first kappa shape index (κ1) is 18.6. The molecule has 0 unspecified atom stereocenters. The molecule has 8 nitrogen and oxygen atoms in total. The highest BCUT2D eigenvalue weighted by Crippen LogP contribution is 2.27. The van der Waals surface area contributed by atoms with Crippen molar-refractivity contribution in [3.63, 3.8) is 0 Å². The van der Waals surface area contributed by atoms with Crippen LogP contribution in [-0.2, 0) is 22.4 Å². The van der Waals surface area contributed by atoms with Gasteiger partial charge in [0.2, 0.25) is 0 Å². The van der Waals surface area contributed by atoms with Crippen molar-refractivity contribution in [3.05, 3.63) is 36.2 Å². The third-order valence-corrected chi connectivity index (χ3v) is 3.48. The smallest absolute Gasteiger partial charge is 0.411 e. The van der Waals surface area contributed by atoms with E-state index in [0.29, 0.717) is 30.3 Å². The summed E-state index contributed by atoms with van der Waals surface area (Å²) >= 11 is 0. The molecular formula is C17H23N3O5. The molecule has 0 aliphatic carbocycles. The van der Waals surface area contributed by atoms with Gasteiger partial charge in [0.25, 0.3) is 0 Å². The Labute approximate surface area is 146 Å². The number of hydrogen-bond donors (Lipinski definition) is 1. The average molecular weight is 349 g/mol. The Morgan fingerprint density at radius 1 is 1.16 bits per heavy atom. The number of benzene rings is 1. The highest BCUT2D eigenvalue weighted by Gasteiger charge is 2.07. The first-order valence-corrected chi connectivity index (χ1v) is 7.82. The molecule has 1 heterocycles. The van der Waals surface area contributed by atoms with Gasteiger partial charge in [0.15, 0.2) is 11.5 Å². The van der Waals surface area contributed by atoms with E-state index in [2.05, 4.69) is 10.4 Å². The molecule has 136 valence electrons. The lowest BCUT2D eigenvalue weighted by atomic mass is 10.1. The number of hydrogen-bond acceptors (Lipinski definition) is 6. The molecule has 0 atom stereocenters. The molecular weight excluding hydrogens is 326 g/mol. The molecule has 1 aromatic carbocycles. The quantitative estimate of drug-likeness (QED) is 0.700. The van der Waals surface area contributed by atoms with E-state index in [9.17, 15) is 4.79 Å². The van der Waals surface area contributed by atoms with Gasteiger partial charge in [0.05, 0.1) is 32.7 Å². The van der Waals surface area contributed by atoms with Gasteiger partial charge in [-0.05, 0) is 24.1 Å². The number of aromatic nitrogens is 2. The second-order valence-corrected chi connectivity index (χ2v) is 5.19. The minimum absolute atomic E-state index is 0.204. The van der Waals surface area contributed by atoms with Gasteiger partial charge < -0.3 is 18.9 Å². The molecule has 0 saturated carbocycles. The molecule has 0 radical (unpaired) electrons. The van der Waals surface area contributed by atoms with E-state index in [0.717, 1.165) is 12.0 Å². The minimum Gasteiger partial charge on any atom is -0.493 e. The molecule has 0 fully saturated rings. The maximum Gasteiger partial charge on any atom is 0.411 e. The molecule has 1 amide bonds. The second-order valence-electron chi connectivity index (χ2n) is 5.19. The van der Waals surface area contributed by atoms with Crippen molar-refractivity contribution in [1.82, 2.24) is 9.78 Å². The van der Waals surface area contributed by atoms with Crippen molar-refractivity contribution in [3.8, 4) is 11.5 Å². The zero-order chi connectivity index (χ0) is 18.1. The Morgan fingerprint density at radius 2 is 1.96 bits per heavy atom. The van der Waals surface area contributed by atoms with Crippen molar-refractivity contribution in [1.29, 1.82) is 0 Å². The van der Waals surface area contributed by atoms with Gasteiger partial charge >= 0.3 is 6.09 Å². The average Bonchev–Trinajstić information content (AvgIpc) is 3.07. The summed E-state index contributed by atoms with van der Waals surface area (Å²) in [6, 6.07) is 5.80. The van der Waals surface area contributed by atoms with Gasteiger partial charge in [-0.1, -0.05) is 6.07 Å². The van der Waals surface area contributed by atoms with Crippen molar-refractivity contribution in [2.75, 3.05) is 39.9 Å². The minimum atomic E-state index is -0.531. The fourth-order valence-electron chi connectivity index (χ4n) is 2.20. The molecule has 2 rings (SSSR count). The standard InChI is InChI=1S/C17H23N3O5/c1-22-8-9-25-17(21)19-14-11-18-20(12-14)7-6-13-4-5-15(23-2)16(10-13)24-3/h4-5,10-12H,6-9H2,1-3H3,(H,19,21). The molecule has 0 aliphatic rings. The number of nitrogens with zero attached hydrogens (tertiary/aromatic N) is 2. The van der Waals surface area contributed by atoms with Crippen LogP contribution in [0.2, 0.25) is 0 Å². The van der Waals surface area contributed by atoms with Crippen LogP contribution < -0.4 is 14.8 Å². The molecule has 0 saturated heterocycles. The summed E-state index contributed by atoms with van der Waals surface area (Å²) in [6.45, 7) is 1.23. The summed E-state index contributed by atoms with van der Waals surface area (Å²) in [4.78, 5) is 11.6. The van der Waals surface area contributed by atoms with Gasteiger partial charge in [0.1, 0.15) is 6.61 Å². The normalized spacial score (nSPS) is 10.4. The number of methoxy groups -OCH3 is 3. The topological polar surface area (TPSA) is 83.8 Å². The van der Waals surface area contributed by atoms with E-state index in [-0.39, 0.29) is 6.61 Å². The monoisotopic (exact) mass is 349 g/mol. The Kier molecular flexibility index (Phi) is 7.09. The Bertz CT molecular complexity index is 687. The van der Waals surface area contributed by atoms with E-state index in [4.69, 9.17) is 18.9 Å². The van der Waals surface area contributed by atoms with Gasteiger partial charge in [-0.3, -0.25) is 10.00 Å². The predicted molar refractivity (Wildman–Crippen MR) is 92.3 cm³/mol. The number of nitrogens with one attached hydrogen (secondary N) is 1. The van der Waals surface area contributed by atoms with E-state index in [1.54, 1.807) is 38.4 Å². The summed E-state index contributed by atoms with van der Waals surface area (Å²) in [5, 5.41) is 6.84. The van der Waals surface area contributed by atoms with E-state index in [1.807, 2.05) is 18.2 Å². The summed E-state index contributed by atoms with van der Waals surface area (Å²) in [5.74, 6) is 1.39. The summed E-state index contributed by atoms with van der Waals surface area (Å²) in [7, 11) is 4.76. The van der Waals surface area contributed by atoms with Crippen LogP contribution in [0.5, 0.6) is 11.5 Å². The molecule has 1 N–H and O–H groups in total. The van der Waals surface area contributed by atoms with Gasteiger partial charge in [-0.2, -0.15) is 5.10 Å². The third kappa shape index (κ3) is 5.68. The Morgan fingerprint density at radius 3 is 2.68 bits per heavy atom. The SMILES string of the molecule is COCCOC(=O)Nc1cnn(CCc2ccc(OC)c(OC)c2)c1. The highest BCUT2D eigenvalue weighted by molar-refractivity contribution is 5.84. The van der Waals surface area contributed by atoms with Crippen molar-refractivity contribution in [2.45, 2.75) is 13.0 Å². The van der Waals surface area contributed by atoms with Crippen molar-refractivity contribution >= 4 is 11.8 Å². The zero-order valence-electron chi connectivity index (χ0n) is 14.7. The maximum absolute atomic E-state index is 11.6. The summed E-state index contributed by atoms with van der Waals surface area (Å²) in [5.41, 5.74) is 1.68. The Balaban J connectivity index is 1.86. The number of carbonyl (C=O) groups excluding carboxylic acids is 1. The lowest BCUT2D eigenvalue weighted by Crippen LogP contribution is -2.16. The molecule has 8 heteroatoms. The number of carbonyl (C=O) groups is 1. The van der Waals surface area contributed by atoms with Crippen molar-refractivity contribution in [2.24, 2.45) is 0 Å². The molecule has 25 heavy (non-hydrogen) atoms. The van der Waals surface area contributed by atoms with E-state index >= 15 is 0 Å². The zero-order valence-corrected chi connectivity index (χ0v) is 14.7. The third-order valence-electron chi connectivity index (χ3n) is 3.48. The van der Waals surface area contributed by atoms with Gasteiger partial charge in [0, 0.05) is 19.9 Å². The van der Waals surface area contributed by atoms with Crippen LogP contribution in [-0.4, -0.2) is 50.4 Å². The van der Waals surface area contributed by atoms with Gasteiger partial charge in [-0.25, -0.2) is 4.79 Å². The van der Waals surface area contributed by atoms with Crippen LogP contribution in [0.15, 0.2) is 30.6 Å². The lowest BCUT2D eigenvalue weighted by molar-refractivity contribution is 0.107. The van der Waals surface area contributed by atoms with Gasteiger partial charge in [-0.15, -0.1) is 0 Å². The largest absolute Gasteiger partial charge is 0.493 e. The first-order valence-electron chi connectivity index (χ1n) is 7.82. The number of ether oxygens (including phenoxy) is 4. The Hall–Kier alpha value is -2.74. The van der Waals surface area contributed by atoms with Crippen LogP contribution in [0.3, 0.4) is 0 Å². The summed E-state index contributed by atoms with van der Waals surface area (Å²) < 4.78 is 22.0. The molecule has 1 aromatic heterocycles. The van der Waals surface area contributed by atoms with Crippen molar-refractivity contribution < 1.29 is 23.7 Å².